The van der Waals surface area contributed by atoms with Crippen molar-refractivity contribution in [3.8, 4) is 0 Å². The third-order valence-corrected chi connectivity index (χ3v) is 2.08. The molecule has 1 fully saturated rings. The van der Waals surface area contributed by atoms with Crippen LogP contribution in [0.25, 0.3) is 0 Å². The van der Waals surface area contributed by atoms with Crippen LogP contribution in [0.2, 0.25) is 0 Å². The van der Waals surface area contributed by atoms with Gasteiger partial charge in [-0.3, -0.25) is 0 Å². The number of hydrogen-bond donors (Lipinski definition) is 2. The van der Waals surface area contributed by atoms with E-state index < -0.39 is 26.1 Å². The third-order valence-electron chi connectivity index (χ3n) is 2.08. The number of halogens is 2. The minimum absolute atomic E-state index is 0.131. The van der Waals surface area contributed by atoms with Crippen LogP contribution in [-0.4, -0.2) is 46.1 Å². The fourth-order valence-electron chi connectivity index (χ4n) is 1.28. The zero-order valence-corrected chi connectivity index (χ0v) is 9.64. The summed E-state index contributed by atoms with van der Waals surface area (Å²) in [5.41, 5.74) is 0.131. The molecule has 0 radical (unpaired) electrons. The van der Waals surface area contributed by atoms with Gasteiger partial charge in [-0.15, -0.1) is 0 Å². The van der Waals surface area contributed by atoms with Gasteiger partial charge in [0.1, 0.15) is 0 Å². The van der Waals surface area contributed by atoms with Gasteiger partial charge < -0.3 is 14.9 Å². The van der Waals surface area contributed by atoms with Crippen molar-refractivity contribution < 1.29 is 18.8 Å². The van der Waals surface area contributed by atoms with Crippen molar-refractivity contribution in [2.24, 2.45) is 0 Å². The molecule has 1 aromatic rings. The molecule has 17 heavy (non-hydrogen) atoms. The average Bonchev–Trinajstić information content (AvgIpc) is 2.28. The Labute approximate surface area is 98.3 Å². The maximum atomic E-state index is 12.5. The Hall–Kier alpha value is -1.28. The van der Waals surface area contributed by atoms with Gasteiger partial charge in [0.05, 0.1) is 13.1 Å². The number of nitrogens with zero attached hydrogens (tertiary/aromatic N) is 3. The van der Waals surface area contributed by atoms with Crippen LogP contribution in [0.4, 0.5) is 14.7 Å². The topological polar surface area (TPSA) is 69.5 Å². The van der Waals surface area contributed by atoms with E-state index in [4.69, 9.17) is 10.0 Å². The van der Waals surface area contributed by atoms with Crippen LogP contribution >= 0.6 is 0 Å². The van der Waals surface area contributed by atoms with Gasteiger partial charge in [0.25, 0.3) is 5.92 Å². The van der Waals surface area contributed by atoms with Gasteiger partial charge in [0.15, 0.2) is 0 Å². The second kappa shape index (κ2) is 5.37. The van der Waals surface area contributed by atoms with Crippen molar-refractivity contribution in [2.75, 3.05) is 18.0 Å². The summed E-state index contributed by atoms with van der Waals surface area (Å²) < 4.78 is 25.0. The monoisotopic (exact) mass is 245 g/mol. The highest BCUT2D eigenvalue weighted by molar-refractivity contribution is 6.58. The largest absolute Gasteiger partial charge is 0.491 e. The van der Waals surface area contributed by atoms with E-state index in [0.717, 1.165) is 0 Å². The molecule has 0 aliphatic carbocycles. The van der Waals surface area contributed by atoms with Gasteiger partial charge in [-0.2, -0.15) is 0 Å². The summed E-state index contributed by atoms with van der Waals surface area (Å²) in [6.45, 7) is 3.21. The Morgan fingerprint density at radius 3 is 2.06 bits per heavy atom. The second-order valence-corrected chi connectivity index (χ2v) is 3.40. The normalized spacial score (nSPS) is 16.7. The van der Waals surface area contributed by atoms with E-state index in [1.54, 1.807) is 0 Å². The molecule has 0 spiro atoms. The summed E-state index contributed by atoms with van der Waals surface area (Å²) in [4.78, 5) is 8.81. The lowest BCUT2D eigenvalue weighted by Crippen LogP contribution is -2.57. The molecule has 5 nitrogen and oxygen atoms in total. The molecule has 8 heteroatoms. The van der Waals surface area contributed by atoms with E-state index in [9.17, 15) is 8.78 Å². The lowest BCUT2D eigenvalue weighted by molar-refractivity contribution is -0.0271. The first kappa shape index (κ1) is 13.8. The second-order valence-electron chi connectivity index (χ2n) is 3.40. The number of alkyl halides is 2. The van der Waals surface area contributed by atoms with Crippen LogP contribution in [0.3, 0.4) is 0 Å². The van der Waals surface area contributed by atoms with Crippen molar-refractivity contribution >= 4 is 18.5 Å². The van der Waals surface area contributed by atoms with E-state index in [0.29, 0.717) is 0 Å². The van der Waals surface area contributed by atoms with Crippen LogP contribution in [-0.2, 0) is 0 Å². The van der Waals surface area contributed by atoms with Gasteiger partial charge in [-0.05, 0) is 0 Å². The Bertz CT molecular complexity index is 354. The lowest BCUT2D eigenvalue weighted by Gasteiger charge is -2.38. The first-order valence-electron chi connectivity index (χ1n) is 5.29. The standard InChI is InChI=1S/C7H8BF2N3O2.C2H6/c9-7(10)3-13(4-7)6-11-1-5(2-12-6)8(14)15;1-2/h1-2,14-15H,3-4H2;1-2H3. The summed E-state index contributed by atoms with van der Waals surface area (Å²) in [6, 6.07) is 0. The Kier molecular flexibility index (Phi) is 4.36. The first-order valence-corrected chi connectivity index (χ1v) is 5.29. The predicted octanol–water partition coefficient (Wildman–Crippen LogP) is -0.362. The van der Waals surface area contributed by atoms with Gasteiger partial charge in [-0.1, -0.05) is 13.8 Å². The summed E-state index contributed by atoms with van der Waals surface area (Å²) in [6.07, 6.45) is 2.40. The van der Waals surface area contributed by atoms with Crippen molar-refractivity contribution in [2.45, 2.75) is 19.8 Å². The van der Waals surface area contributed by atoms with E-state index in [-0.39, 0.29) is 11.4 Å². The number of aromatic nitrogens is 2. The van der Waals surface area contributed by atoms with Gasteiger partial charge in [0.2, 0.25) is 5.95 Å². The molecule has 1 aromatic heterocycles. The molecule has 2 rings (SSSR count). The van der Waals surface area contributed by atoms with Crippen LogP contribution < -0.4 is 10.4 Å². The highest BCUT2D eigenvalue weighted by Crippen LogP contribution is 2.28. The number of anilines is 1. The summed E-state index contributed by atoms with van der Waals surface area (Å²) in [5.74, 6) is -2.50. The zero-order valence-electron chi connectivity index (χ0n) is 9.64. The van der Waals surface area contributed by atoms with Crippen LogP contribution in [0, 0.1) is 0 Å². The summed E-state index contributed by atoms with van der Waals surface area (Å²) in [5, 5.41) is 17.5. The zero-order chi connectivity index (χ0) is 13.1. The molecule has 1 saturated heterocycles. The molecule has 0 bridgehead atoms. The minimum atomic E-state index is -2.67. The van der Waals surface area contributed by atoms with E-state index in [1.165, 1.54) is 17.3 Å². The van der Waals surface area contributed by atoms with E-state index in [1.807, 2.05) is 13.8 Å². The van der Waals surface area contributed by atoms with Crippen LogP contribution in [0.15, 0.2) is 12.4 Å². The number of rotatable bonds is 2. The number of hydrogen-bond acceptors (Lipinski definition) is 5. The molecule has 1 aliphatic rings. The van der Waals surface area contributed by atoms with Crippen LogP contribution in [0.1, 0.15) is 13.8 Å². The Balaban J connectivity index is 0.000000686. The first-order chi connectivity index (χ1) is 7.98. The van der Waals surface area contributed by atoms with Crippen molar-refractivity contribution in [1.82, 2.24) is 9.97 Å². The SMILES string of the molecule is CC.OB(O)c1cnc(N2CC(F)(F)C2)nc1. The Morgan fingerprint density at radius 2 is 1.71 bits per heavy atom. The fourth-order valence-corrected chi connectivity index (χ4v) is 1.28. The Morgan fingerprint density at radius 1 is 1.24 bits per heavy atom. The molecule has 2 heterocycles. The molecule has 0 atom stereocenters. The van der Waals surface area contributed by atoms with Crippen LogP contribution in [0.5, 0.6) is 0 Å². The smallest absolute Gasteiger partial charge is 0.423 e. The van der Waals surface area contributed by atoms with E-state index in [2.05, 4.69) is 9.97 Å². The fraction of sp³-hybridized carbons (Fsp3) is 0.556. The molecule has 0 amide bonds. The van der Waals surface area contributed by atoms with Gasteiger partial charge in [-0.25, -0.2) is 18.7 Å². The molecule has 0 aromatic carbocycles. The van der Waals surface area contributed by atoms with Crippen molar-refractivity contribution in [1.29, 1.82) is 0 Å². The quantitative estimate of drug-likeness (QED) is 0.696. The highest BCUT2D eigenvalue weighted by atomic mass is 19.3. The molecule has 0 saturated carbocycles. The lowest BCUT2D eigenvalue weighted by atomic mass is 9.83. The van der Waals surface area contributed by atoms with E-state index >= 15 is 0 Å². The van der Waals surface area contributed by atoms with Gasteiger partial charge >= 0.3 is 7.12 Å². The molecule has 1 aliphatic heterocycles. The molecular weight excluding hydrogens is 231 g/mol. The van der Waals surface area contributed by atoms with Crippen molar-refractivity contribution in [3.63, 3.8) is 0 Å². The molecule has 94 valence electrons. The maximum absolute atomic E-state index is 12.5. The molecule has 0 unspecified atom stereocenters. The maximum Gasteiger partial charge on any atom is 0.491 e. The summed E-state index contributed by atoms with van der Waals surface area (Å²) >= 11 is 0. The minimum Gasteiger partial charge on any atom is -0.423 e. The highest BCUT2D eigenvalue weighted by Gasteiger charge is 2.45. The third kappa shape index (κ3) is 3.34. The summed E-state index contributed by atoms with van der Waals surface area (Å²) in [7, 11) is -1.64. The average molecular weight is 245 g/mol. The molecule has 2 N–H and O–H groups in total. The van der Waals surface area contributed by atoms with Gasteiger partial charge in [0, 0.05) is 17.9 Å². The van der Waals surface area contributed by atoms with Crippen molar-refractivity contribution in [3.05, 3.63) is 12.4 Å². The predicted molar refractivity (Wildman–Crippen MR) is 60.4 cm³/mol. The molecular formula is C9H14BF2N3O2.